The molecular formula is C6H8N4O. The van der Waals surface area contributed by atoms with E-state index in [9.17, 15) is 4.79 Å². The van der Waals surface area contributed by atoms with Gasteiger partial charge in [-0.25, -0.2) is 9.78 Å². The zero-order chi connectivity index (χ0) is 8.27. The molecule has 0 saturated heterocycles. The molecule has 5 nitrogen and oxygen atoms in total. The van der Waals surface area contributed by atoms with Crippen LogP contribution in [-0.4, -0.2) is 11.0 Å². The van der Waals surface area contributed by atoms with E-state index in [-0.39, 0.29) is 0 Å². The quantitative estimate of drug-likeness (QED) is 0.534. The summed E-state index contributed by atoms with van der Waals surface area (Å²) in [5.74, 6) is 0.403. The molecule has 0 fully saturated rings. The van der Waals surface area contributed by atoms with Gasteiger partial charge in [0.25, 0.3) is 0 Å². The summed E-state index contributed by atoms with van der Waals surface area (Å²) in [5.41, 5.74) is 10.7. The maximum absolute atomic E-state index is 10.3. The van der Waals surface area contributed by atoms with E-state index < -0.39 is 6.03 Å². The van der Waals surface area contributed by atoms with E-state index in [1.165, 1.54) is 6.20 Å². The van der Waals surface area contributed by atoms with Gasteiger partial charge in [-0.2, -0.15) is 0 Å². The van der Waals surface area contributed by atoms with Crippen LogP contribution in [0.15, 0.2) is 18.3 Å². The van der Waals surface area contributed by atoms with Crippen LogP contribution in [0.1, 0.15) is 0 Å². The van der Waals surface area contributed by atoms with Crippen LogP contribution in [0.4, 0.5) is 16.3 Å². The van der Waals surface area contributed by atoms with E-state index in [0.717, 1.165) is 0 Å². The minimum Gasteiger partial charge on any atom is -0.384 e. The van der Waals surface area contributed by atoms with Crippen molar-refractivity contribution in [2.45, 2.75) is 0 Å². The monoisotopic (exact) mass is 152 g/mol. The second kappa shape index (κ2) is 2.87. The first-order valence-electron chi connectivity index (χ1n) is 2.96. The van der Waals surface area contributed by atoms with E-state index in [2.05, 4.69) is 10.3 Å². The van der Waals surface area contributed by atoms with Gasteiger partial charge in [-0.3, -0.25) is 0 Å². The lowest BCUT2D eigenvalue weighted by atomic mass is 10.4. The van der Waals surface area contributed by atoms with Crippen molar-refractivity contribution in [3.63, 3.8) is 0 Å². The number of urea groups is 1. The van der Waals surface area contributed by atoms with Crippen molar-refractivity contribution in [3.8, 4) is 0 Å². The number of amides is 2. The Morgan fingerprint density at radius 1 is 1.55 bits per heavy atom. The number of rotatable bonds is 1. The molecule has 2 amide bonds. The van der Waals surface area contributed by atoms with E-state index in [4.69, 9.17) is 11.5 Å². The van der Waals surface area contributed by atoms with Crippen LogP contribution >= 0.6 is 0 Å². The summed E-state index contributed by atoms with van der Waals surface area (Å²) in [4.78, 5) is 14.0. The number of nitrogens with two attached hydrogens (primary N) is 2. The number of primary amides is 1. The van der Waals surface area contributed by atoms with Crippen molar-refractivity contribution in [1.82, 2.24) is 4.98 Å². The van der Waals surface area contributed by atoms with E-state index in [1.807, 2.05) is 0 Å². The average Bonchev–Trinajstić information content (AvgIpc) is 1.93. The van der Waals surface area contributed by atoms with E-state index in [1.54, 1.807) is 12.1 Å². The van der Waals surface area contributed by atoms with Gasteiger partial charge in [-0.15, -0.1) is 0 Å². The number of hydrogen-bond acceptors (Lipinski definition) is 3. The van der Waals surface area contributed by atoms with Crippen molar-refractivity contribution in [2.75, 3.05) is 11.1 Å². The fraction of sp³-hybridized carbons (Fsp3) is 0. The molecule has 58 valence electrons. The topological polar surface area (TPSA) is 94.0 Å². The highest BCUT2D eigenvalue weighted by Gasteiger charge is 1.94. The first kappa shape index (κ1) is 7.33. The third kappa shape index (κ3) is 2.13. The Morgan fingerprint density at radius 2 is 2.27 bits per heavy atom. The molecule has 0 atom stereocenters. The smallest absolute Gasteiger partial charge is 0.316 e. The Hall–Kier alpha value is -1.78. The fourth-order valence-corrected chi connectivity index (χ4v) is 0.622. The second-order valence-corrected chi connectivity index (χ2v) is 1.96. The van der Waals surface area contributed by atoms with Gasteiger partial charge in [-0.1, -0.05) is 0 Å². The molecule has 1 aromatic rings. The molecule has 1 heterocycles. The van der Waals surface area contributed by atoms with Crippen LogP contribution in [0.3, 0.4) is 0 Å². The number of nitrogen functional groups attached to an aromatic ring is 1. The lowest BCUT2D eigenvalue weighted by Gasteiger charge is -1.99. The normalized spacial score (nSPS) is 9.09. The zero-order valence-corrected chi connectivity index (χ0v) is 5.74. The number of pyridine rings is 1. The van der Waals surface area contributed by atoms with Crippen molar-refractivity contribution >= 4 is 17.5 Å². The summed E-state index contributed by atoms with van der Waals surface area (Å²) in [5, 5.41) is 2.35. The molecule has 0 spiro atoms. The molecular weight excluding hydrogens is 144 g/mol. The zero-order valence-electron chi connectivity index (χ0n) is 5.74. The van der Waals surface area contributed by atoms with Gasteiger partial charge >= 0.3 is 6.03 Å². The van der Waals surface area contributed by atoms with Crippen molar-refractivity contribution in [1.29, 1.82) is 0 Å². The Balaban J connectivity index is 2.74. The lowest BCUT2D eigenvalue weighted by Crippen LogP contribution is -2.19. The molecule has 0 radical (unpaired) electrons. The third-order valence-electron chi connectivity index (χ3n) is 1.05. The van der Waals surface area contributed by atoms with Crippen LogP contribution in [0.2, 0.25) is 0 Å². The highest BCUT2D eigenvalue weighted by molar-refractivity contribution is 5.87. The Bertz CT molecular complexity index is 256. The SMILES string of the molecule is NC(=O)Nc1ccc(N)nc1. The van der Waals surface area contributed by atoms with Crippen LogP contribution in [0.25, 0.3) is 0 Å². The minimum atomic E-state index is -0.614. The summed E-state index contributed by atoms with van der Waals surface area (Å²) < 4.78 is 0. The Morgan fingerprint density at radius 3 is 2.73 bits per heavy atom. The molecule has 1 rings (SSSR count). The Labute approximate surface area is 63.4 Å². The molecule has 0 unspecified atom stereocenters. The molecule has 0 saturated carbocycles. The molecule has 0 aliphatic rings. The van der Waals surface area contributed by atoms with Gasteiger partial charge in [0.1, 0.15) is 5.82 Å². The number of anilines is 2. The van der Waals surface area contributed by atoms with Crippen molar-refractivity contribution in [3.05, 3.63) is 18.3 Å². The molecule has 0 aliphatic carbocycles. The third-order valence-corrected chi connectivity index (χ3v) is 1.05. The van der Waals surface area contributed by atoms with Crippen LogP contribution < -0.4 is 16.8 Å². The molecule has 0 aliphatic heterocycles. The van der Waals surface area contributed by atoms with Gasteiger partial charge in [0.05, 0.1) is 11.9 Å². The lowest BCUT2D eigenvalue weighted by molar-refractivity contribution is 0.259. The Kier molecular flexibility index (Phi) is 1.91. The number of nitrogens with zero attached hydrogens (tertiary/aromatic N) is 1. The molecule has 0 bridgehead atoms. The minimum absolute atomic E-state index is 0.403. The molecule has 11 heavy (non-hydrogen) atoms. The maximum Gasteiger partial charge on any atom is 0.316 e. The molecule has 5 N–H and O–H groups in total. The number of aromatic nitrogens is 1. The number of carbonyl (C=O) groups is 1. The van der Waals surface area contributed by atoms with Crippen molar-refractivity contribution < 1.29 is 4.79 Å². The molecule has 1 aromatic heterocycles. The van der Waals surface area contributed by atoms with Crippen LogP contribution in [-0.2, 0) is 0 Å². The van der Waals surface area contributed by atoms with Gasteiger partial charge < -0.3 is 16.8 Å². The summed E-state index contributed by atoms with van der Waals surface area (Å²) in [6, 6.07) is 2.58. The average molecular weight is 152 g/mol. The fourth-order valence-electron chi connectivity index (χ4n) is 0.622. The summed E-state index contributed by atoms with van der Waals surface area (Å²) >= 11 is 0. The molecule has 0 aromatic carbocycles. The number of carbonyl (C=O) groups excluding carboxylic acids is 1. The van der Waals surface area contributed by atoms with Gasteiger partial charge in [0.2, 0.25) is 0 Å². The van der Waals surface area contributed by atoms with Crippen molar-refractivity contribution in [2.24, 2.45) is 5.73 Å². The number of nitrogens with one attached hydrogen (secondary N) is 1. The predicted octanol–water partition coefficient (Wildman–Crippen LogP) is 0.154. The predicted molar refractivity (Wildman–Crippen MR) is 41.9 cm³/mol. The van der Waals surface area contributed by atoms with Gasteiger partial charge in [0.15, 0.2) is 0 Å². The van der Waals surface area contributed by atoms with Crippen LogP contribution in [0, 0.1) is 0 Å². The highest BCUT2D eigenvalue weighted by atomic mass is 16.2. The first-order chi connectivity index (χ1) is 5.18. The van der Waals surface area contributed by atoms with Crippen LogP contribution in [0.5, 0.6) is 0 Å². The summed E-state index contributed by atoms with van der Waals surface area (Å²) in [7, 11) is 0. The summed E-state index contributed by atoms with van der Waals surface area (Å²) in [6.45, 7) is 0. The number of hydrogen-bond donors (Lipinski definition) is 3. The summed E-state index contributed by atoms with van der Waals surface area (Å²) in [6.07, 6.45) is 1.43. The van der Waals surface area contributed by atoms with Gasteiger partial charge in [0, 0.05) is 0 Å². The van der Waals surface area contributed by atoms with E-state index >= 15 is 0 Å². The highest BCUT2D eigenvalue weighted by Crippen LogP contribution is 2.05. The van der Waals surface area contributed by atoms with Gasteiger partial charge in [-0.05, 0) is 12.1 Å². The van der Waals surface area contributed by atoms with E-state index in [0.29, 0.717) is 11.5 Å². The standard InChI is InChI=1S/C6H8N4O/c7-5-2-1-4(3-9-5)10-6(8)11/h1-3H,(H2,7,9)(H3,8,10,11). The first-order valence-corrected chi connectivity index (χ1v) is 2.96. The second-order valence-electron chi connectivity index (χ2n) is 1.96. The largest absolute Gasteiger partial charge is 0.384 e. The molecule has 5 heteroatoms. The maximum atomic E-state index is 10.3.